The van der Waals surface area contributed by atoms with Crippen LogP contribution < -0.4 is 14.4 Å². The Kier molecular flexibility index (Phi) is 5.13. The molecule has 4 nitrogen and oxygen atoms in total. The molecule has 0 atom stereocenters. The average Bonchev–Trinajstić information content (AvgIpc) is 2.58. The number of hydrogen-bond donors (Lipinski definition) is 0. The highest BCUT2D eigenvalue weighted by atomic mass is 35.5. The molecular formula is C22H26ClNO3. The van der Waals surface area contributed by atoms with Crippen LogP contribution in [0.25, 0.3) is 0 Å². The first-order chi connectivity index (χ1) is 12.6. The summed E-state index contributed by atoms with van der Waals surface area (Å²) in [7, 11) is 0. The van der Waals surface area contributed by atoms with Crippen LogP contribution in [0.4, 0.5) is 5.69 Å². The summed E-state index contributed by atoms with van der Waals surface area (Å²) >= 11 is 6.12. The van der Waals surface area contributed by atoms with Gasteiger partial charge in [0.1, 0.15) is 18.1 Å². The molecule has 0 spiro atoms. The zero-order valence-corrected chi connectivity index (χ0v) is 17.3. The minimum Gasteiger partial charge on any atom is -0.492 e. The largest absolute Gasteiger partial charge is 0.492 e. The van der Waals surface area contributed by atoms with Gasteiger partial charge in [-0.05, 0) is 55.2 Å². The van der Waals surface area contributed by atoms with Gasteiger partial charge >= 0.3 is 0 Å². The van der Waals surface area contributed by atoms with E-state index in [9.17, 15) is 4.79 Å². The highest BCUT2D eigenvalue weighted by Gasteiger charge is 2.40. The standard InChI is InChI=1S/C22H26ClNO3/c1-21(2,3)15-6-9-17(10-7-15)26-13-12-24-18-14-16(23)8-11-19(18)27-22(4,5)20(24)25/h6-11,14H,12-13H2,1-5H3. The van der Waals surface area contributed by atoms with E-state index in [1.165, 1.54) is 5.56 Å². The maximum Gasteiger partial charge on any atom is 0.270 e. The summed E-state index contributed by atoms with van der Waals surface area (Å²) in [6, 6.07) is 13.4. The molecule has 0 radical (unpaired) electrons. The van der Waals surface area contributed by atoms with Gasteiger partial charge in [-0.2, -0.15) is 0 Å². The van der Waals surface area contributed by atoms with Crippen molar-refractivity contribution in [1.82, 2.24) is 0 Å². The number of ether oxygens (including phenoxy) is 2. The summed E-state index contributed by atoms with van der Waals surface area (Å²) in [6.07, 6.45) is 0. The molecule has 1 amide bonds. The number of rotatable bonds is 4. The maximum absolute atomic E-state index is 12.8. The summed E-state index contributed by atoms with van der Waals surface area (Å²) in [5.41, 5.74) is 1.12. The van der Waals surface area contributed by atoms with Crippen LogP contribution in [-0.2, 0) is 10.2 Å². The Hall–Kier alpha value is -2.20. The van der Waals surface area contributed by atoms with Crippen molar-refractivity contribution >= 4 is 23.2 Å². The van der Waals surface area contributed by atoms with E-state index in [1.807, 2.05) is 12.1 Å². The third-order valence-corrected chi connectivity index (χ3v) is 4.88. The van der Waals surface area contributed by atoms with Crippen molar-refractivity contribution in [1.29, 1.82) is 0 Å². The van der Waals surface area contributed by atoms with E-state index in [0.29, 0.717) is 29.6 Å². The van der Waals surface area contributed by atoms with Crippen molar-refractivity contribution in [2.75, 3.05) is 18.1 Å². The molecule has 1 heterocycles. The lowest BCUT2D eigenvalue weighted by molar-refractivity contribution is -0.132. The van der Waals surface area contributed by atoms with Crippen LogP contribution in [0, 0.1) is 0 Å². The Labute approximate surface area is 166 Å². The molecule has 0 N–H and O–H groups in total. The van der Waals surface area contributed by atoms with Crippen molar-refractivity contribution in [3.8, 4) is 11.5 Å². The Balaban J connectivity index is 1.72. The van der Waals surface area contributed by atoms with Crippen LogP contribution in [0.3, 0.4) is 0 Å². The lowest BCUT2D eigenvalue weighted by Gasteiger charge is -2.38. The molecule has 27 heavy (non-hydrogen) atoms. The van der Waals surface area contributed by atoms with Gasteiger partial charge in [0.15, 0.2) is 5.60 Å². The van der Waals surface area contributed by atoms with Gasteiger partial charge in [-0.3, -0.25) is 4.79 Å². The van der Waals surface area contributed by atoms with Gasteiger partial charge in [-0.1, -0.05) is 44.5 Å². The quantitative estimate of drug-likeness (QED) is 0.721. The highest BCUT2D eigenvalue weighted by Crippen LogP contribution is 2.39. The number of amides is 1. The third-order valence-electron chi connectivity index (χ3n) is 4.64. The summed E-state index contributed by atoms with van der Waals surface area (Å²) in [5, 5.41) is 0.563. The summed E-state index contributed by atoms with van der Waals surface area (Å²) in [5.74, 6) is 1.33. The zero-order valence-electron chi connectivity index (χ0n) is 16.5. The Morgan fingerprint density at radius 1 is 1.11 bits per heavy atom. The minimum atomic E-state index is -0.921. The van der Waals surface area contributed by atoms with Gasteiger partial charge in [-0.15, -0.1) is 0 Å². The monoisotopic (exact) mass is 387 g/mol. The van der Waals surface area contributed by atoms with E-state index >= 15 is 0 Å². The van der Waals surface area contributed by atoms with Gasteiger partial charge in [0.2, 0.25) is 0 Å². The normalized spacial score (nSPS) is 15.9. The van der Waals surface area contributed by atoms with Crippen LogP contribution in [0.15, 0.2) is 42.5 Å². The smallest absolute Gasteiger partial charge is 0.270 e. The van der Waals surface area contributed by atoms with E-state index in [0.717, 1.165) is 5.75 Å². The number of carbonyl (C=O) groups excluding carboxylic acids is 1. The SMILES string of the molecule is CC1(C)Oc2ccc(Cl)cc2N(CCOc2ccc(C(C)(C)C)cc2)C1=O. The number of anilines is 1. The molecule has 0 aliphatic carbocycles. The number of halogens is 1. The fourth-order valence-corrected chi connectivity index (χ4v) is 3.24. The molecule has 2 aromatic rings. The van der Waals surface area contributed by atoms with Crippen molar-refractivity contribution in [3.63, 3.8) is 0 Å². The van der Waals surface area contributed by atoms with Crippen LogP contribution >= 0.6 is 11.6 Å². The van der Waals surface area contributed by atoms with Gasteiger partial charge in [0.25, 0.3) is 5.91 Å². The van der Waals surface area contributed by atoms with Crippen LogP contribution in [0.2, 0.25) is 5.02 Å². The highest BCUT2D eigenvalue weighted by molar-refractivity contribution is 6.31. The second-order valence-corrected chi connectivity index (χ2v) is 8.74. The second-order valence-electron chi connectivity index (χ2n) is 8.30. The molecule has 0 fully saturated rings. The van der Waals surface area contributed by atoms with E-state index in [-0.39, 0.29) is 11.3 Å². The predicted molar refractivity (Wildman–Crippen MR) is 109 cm³/mol. The lowest BCUT2D eigenvalue weighted by atomic mass is 9.87. The molecule has 3 rings (SSSR count). The van der Waals surface area contributed by atoms with Gasteiger partial charge in [-0.25, -0.2) is 0 Å². The topological polar surface area (TPSA) is 38.8 Å². The maximum atomic E-state index is 12.8. The molecule has 1 aliphatic heterocycles. The summed E-state index contributed by atoms with van der Waals surface area (Å²) in [4.78, 5) is 14.5. The zero-order chi connectivity index (χ0) is 19.8. The number of carbonyl (C=O) groups is 1. The van der Waals surface area contributed by atoms with Gasteiger partial charge in [0, 0.05) is 5.02 Å². The van der Waals surface area contributed by atoms with Crippen LogP contribution in [0.1, 0.15) is 40.2 Å². The Bertz CT molecular complexity index is 838. The molecule has 144 valence electrons. The Morgan fingerprint density at radius 2 is 1.78 bits per heavy atom. The first kappa shape index (κ1) is 19.6. The van der Waals surface area contributed by atoms with Crippen molar-refractivity contribution < 1.29 is 14.3 Å². The summed E-state index contributed by atoms with van der Waals surface area (Å²) in [6.45, 7) is 10.9. The van der Waals surface area contributed by atoms with Crippen molar-refractivity contribution in [2.45, 2.75) is 45.6 Å². The van der Waals surface area contributed by atoms with Crippen molar-refractivity contribution in [2.24, 2.45) is 0 Å². The van der Waals surface area contributed by atoms with Crippen molar-refractivity contribution in [3.05, 3.63) is 53.1 Å². The third kappa shape index (κ3) is 4.22. The average molecular weight is 388 g/mol. The number of benzene rings is 2. The minimum absolute atomic E-state index is 0.104. The molecule has 0 aromatic heterocycles. The fourth-order valence-electron chi connectivity index (χ4n) is 3.07. The van der Waals surface area contributed by atoms with E-state index in [4.69, 9.17) is 21.1 Å². The predicted octanol–water partition coefficient (Wildman–Crippen LogP) is 5.22. The molecular weight excluding hydrogens is 362 g/mol. The van der Waals surface area contributed by atoms with E-state index in [1.54, 1.807) is 36.9 Å². The molecule has 2 aromatic carbocycles. The van der Waals surface area contributed by atoms with E-state index < -0.39 is 5.60 Å². The Morgan fingerprint density at radius 3 is 2.41 bits per heavy atom. The lowest BCUT2D eigenvalue weighted by Crippen LogP contribution is -2.53. The first-order valence-corrected chi connectivity index (χ1v) is 9.49. The fraction of sp³-hybridized carbons (Fsp3) is 0.409. The molecule has 5 heteroatoms. The van der Waals surface area contributed by atoms with E-state index in [2.05, 4.69) is 32.9 Å². The van der Waals surface area contributed by atoms with Gasteiger partial charge in [0.05, 0.1) is 12.2 Å². The van der Waals surface area contributed by atoms with Crippen LogP contribution in [0.5, 0.6) is 11.5 Å². The molecule has 0 unspecified atom stereocenters. The molecule has 0 saturated carbocycles. The van der Waals surface area contributed by atoms with Crippen LogP contribution in [-0.4, -0.2) is 24.7 Å². The second kappa shape index (κ2) is 7.08. The first-order valence-electron chi connectivity index (χ1n) is 9.12. The summed E-state index contributed by atoms with van der Waals surface area (Å²) < 4.78 is 11.7. The number of nitrogens with zero attached hydrogens (tertiary/aromatic N) is 1. The molecule has 1 aliphatic rings. The number of hydrogen-bond acceptors (Lipinski definition) is 3. The molecule has 0 bridgehead atoms. The number of fused-ring (bicyclic) bond motifs is 1. The van der Waals surface area contributed by atoms with Gasteiger partial charge < -0.3 is 14.4 Å². The molecule has 0 saturated heterocycles.